The Balaban J connectivity index is 4.17. The quantitative estimate of drug-likeness (QED) is 0.347. The first kappa shape index (κ1) is 9.42. The molecule has 0 aliphatic rings. The lowest BCUT2D eigenvalue weighted by atomic mass is 10.2. The molecule has 11 heavy (non-hydrogen) atoms. The van der Waals surface area contributed by atoms with Gasteiger partial charge in [-0.1, -0.05) is 6.08 Å². The van der Waals surface area contributed by atoms with Crippen molar-refractivity contribution < 1.29 is 19.8 Å². The van der Waals surface area contributed by atoms with Crippen molar-refractivity contribution in [3.63, 3.8) is 0 Å². The first-order valence-corrected chi connectivity index (χ1v) is 2.80. The molecule has 0 fully saturated rings. The number of allylic oxidation sites excluding steroid dienone is 2. The minimum absolute atomic E-state index is 0.286. The first-order chi connectivity index (χ1) is 5.02. The van der Waals surface area contributed by atoms with Crippen LogP contribution in [-0.4, -0.2) is 11.9 Å². The van der Waals surface area contributed by atoms with E-state index in [4.69, 9.17) is 0 Å². The van der Waals surface area contributed by atoms with Crippen LogP contribution >= 0.6 is 0 Å². The molecule has 0 aliphatic heterocycles. The molecule has 0 radical (unpaired) electrons. The van der Waals surface area contributed by atoms with Crippen molar-refractivity contribution in [2.45, 2.75) is 6.92 Å². The number of carboxylic acids is 2. The van der Waals surface area contributed by atoms with E-state index in [1.54, 1.807) is 0 Å². The molecule has 0 aromatic carbocycles. The minimum atomic E-state index is -1.36. The summed E-state index contributed by atoms with van der Waals surface area (Å²) in [6.45, 7) is 1.44. The van der Waals surface area contributed by atoms with Gasteiger partial charge in [-0.25, -0.2) is 0 Å². The monoisotopic (exact) mass is 154 g/mol. The molecule has 4 heteroatoms. The third-order valence-electron chi connectivity index (χ3n) is 0.828. The molecule has 0 rings (SSSR count). The van der Waals surface area contributed by atoms with Gasteiger partial charge in [-0.15, -0.1) is 0 Å². The van der Waals surface area contributed by atoms with E-state index in [9.17, 15) is 19.8 Å². The van der Waals surface area contributed by atoms with Crippen molar-refractivity contribution in [3.05, 3.63) is 23.8 Å². The van der Waals surface area contributed by atoms with Crippen molar-refractivity contribution in [1.29, 1.82) is 0 Å². The summed E-state index contributed by atoms with van der Waals surface area (Å²) < 4.78 is 0. The lowest BCUT2D eigenvalue weighted by Gasteiger charge is -1.94. The van der Waals surface area contributed by atoms with Gasteiger partial charge in [0.1, 0.15) is 0 Å². The fourth-order valence-electron chi connectivity index (χ4n) is 0.433. The Morgan fingerprint density at radius 1 is 1.09 bits per heavy atom. The van der Waals surface area contributed by atoms with Gasteiger partial charge >= 0.3 is 0 Å². The minimum Gasteiger partial charge on any atom is -0.545 e. The number of carbonyl (C=O) groups excluding carboxylic acids is 2. The SMILES string of the molecule is CC(/C=C\C(=O)[O-])=C/C(=O)[O-]. The molecule has 0 saturated heterocycles. The number of hydrogen-bond donors (Lipinski definition) is 0. The van der Waals surface area contributed by atoms with Crippen LogP contribution in [0.3, 0.4) is 0 Å². The van der Waals surface area contributed by atoms with Crippen LogP contribution in [0, 0.1) is 0 Å². The summed E-state index contributed by atoms with van der Waals surface area (Å²) in [4.78, 5) is 19.7. The predicted molar refractivity (Wildman–Crippen MR) is 32.9 cm³/mol. The molecule has 0 aromatic rings. The van der Waals surface area contributed by atoms with Crippen LogP contribution in [0.1, 0.15) is 6.92 Å². The van der Waals surface area contributed by atoms with Gasteiger partial charge < -0.3 is 19.8 Å². The molecule has 0 bridgehead atoms. The fraction of sp³-hybridized carbons (Fsp3) is 0.143. The lowest BCUT2D eigenvalue weighted by molar-refractivity contribution is -0.299. The molecule has 60 valence electrons. The standard InChI is InChI=1S/C7H8O4/c1-5(4-7(10)11)2-3-6(8)9/h2-4H,1H3,(H,8,9)(H,10,11)/p-2/b3-2-,5-4-. The average molecular weight is 154 g/mol. The largest absolute Gasteiger partial charge is 0.545 e. The summed E-state index contributed by atoms with van der Waals surface area (Å²) in [5.41, 5.74) is 0.286. The molecule has 0 aromatic heterocycles. The van der Waals surface area contributed by atoms with Gasteiger partial charge in [0.05, 0.1) is 11.9 Å². The molecule has 0 amide bonds. The summed E-state index contributed by atoms with van der Waals surface area (Å²) in [6.07, 6.45) is 2.65. The zero-order valence-corrected chi connectivity index (χ0v) is 5.87. The Labute approximate surface area is 63.5 Å². The predicted octanol–water partition coefficient (Wildman–Crippen LogP) is -2.01. The Morgan fingerprint density at radius 3 is 2.00 bits per heavy atom. The van der Waals surface area contributed by atoms with E-state index >= 15 is 0 Å². The van der Waals surface area contributed by atoms with Gasteiger partial charge in [0.25, 0.3) is 0 Å². The second-order valence-electron chi connectivity index (χ2n) is 1.86. The summed E-state index contributed by atoms with van der Waals surface area (Å²) in [5.74, 6) is -2.72. The van der Waals surface area contributed by atoms with Crippen LogP contribution < -0.4 is 10.2 Å². The molecule has 0 heterocycles. The van der Waals surface area contributed by atoms with E-state index in [0.717, 1.165) is 18.2 Å². The third-order valence-corrected chi connectivity index (χ3v) is 0.828. The Hall–Kier alpha value is -1.58. The maximum atomic E-state index is 9.87. The molecular weight excluding hydrogens is 148 g/mol. The van der Waals surface area contributed by atoms with Crippen LogP contribution in [0.15, 0.2) is 23.8 Å². The van der Waals surface area contributed by atoms with Gasteiger partial charge in [0, 0.05) is 0 Å². The molecule has 0 saturated carbocycles. The second kappa shape index (κ2) is 4.27. The normalized spacial score (nSPS) is 11.9. The van der Waals surface area contributed by atoms with Crippen molar-refractivity contribution in [1.82, 2.24) is 0 Å². The third kappa shape index (κ3) is 6.30. The van der Waals surface area contributed by atoms with Crippen molar-refractivity contribution in [2.24, 2.45) is 0 Å². The molecular formula is C7H6O4-2. The van der Waals surface area contributed by atoms with Crippen LogP contribution in [-0.2, 0) is 9.59 Å². The zero-order chi connectivity index (χ0) is 8.85. The number of carboxylic acid groups (broad SMARTS) is 2. The number of carbonyl (C=O) groups is 2. The molecule has 0 spiro atoms. The average Bonchev–Trinajstić information content (AvgIpc) is 1.82. The maximum absolute atomic E-state index is 9.87. The van der Waals surface area contributed by atoms with Crippen LogP contribution in [0.5, 0.6) is 0 Å². The van der Waals surface area contributed by atoms with Crippen LogP contribution in [0.4, 0.5) is 0 Å². The summed E-state index contributed by atoms with van der Waals surface area (Å²) >= 11 is 0. The van der Waals surface area contributed by atoms with Crippen molar-refractivity contribution in [3.8, 4) is 0 Å². The van der Waals surface area contributed by atoms with E-state index in [2.05, 4.69) is 0 Å². The smallest absolute Gasteiger partial charge is 0.0645 e. The first-order valence-electron chi connectivity index (χ1n) is 2.80. The highest BCUT2D eigenvalue weighted by Crippen LogP contribution is 1.92. The van der Waals surface area contributed by atoms with E-state index in [0.29, 0.717) is 0 Å². The highest BCUT2D eigenvalue weighted by atomic mass is 16.4. The summed E-state index contributed by atoms with van der Waals surface area (Å²) in [6, 6.07) is 0. The van der Waals surface area contributed by atoms with Gasteiger partial charge in [-0.3, -0.25) is 0 Å². The highest BCUT2D eigenvalue weighted by molar-refractivity contribution is 5.81. The van der Waals surface area contributed by atoms with Gasteiger partial charge in [0.2, 0.25) is 0 Å². The molecule has 0 N–H and O–H groups in total. The van der Waals surface area contributed by atoms with E-state index in [-0.39, 0.29) is 5.57 Å². The van der Waals surface area contributed by atoms with Crippen LogP contribution in [0.2, 0.25) is 0 Å². The zero-order valence-electron chi connectivity index (χ0n) is 5.87. The van der Waals surface area contributed by atoms with E-state index < -0.39 is 11.9 Å². The van der Waals surface area contributed by atoms with Crippen LogP contribution in [0.25, 0.3) is 0 Å². The molecule has 4 nitrogen and oxygen atoms in total. The van der Waals surface area contributed by atoms with Crippen molar-refractivity contribution in [2.75, 3.05) is 0 Å². The fourth-order valence-corrected chi connectivity index (χ4v) is 0.433. The lowest BCUT2D eigenvalue weighted by Crippen LogP contribution is -2.20. The molecule has 0 atom stereocenters. The molecule has 0 aliphatic carbocycles. The summed E-state index contributed by atoms with van der Waals surface area (Å²) in [5, 5.41) is 19.7. The topological polar surface area (TPSA) is 80.3 Å². The highest BCUT2D eigenvalue weighted by Gasteiger charge is 1.80. The van der Waals surface area contributed by atoms with E-state index in [1.807, 2.05) is 0 Å². The number of rotatable bonds is 3. The Kier molecular flexibility index (Phi) is 3.66. The van der Waals surface area contributed by atoms with Gasteiger partial charge in [-0.2, -0.15) is 0 Å². The van der Waals surface area contributed by atoms with Crippen molar-refractivity contribution >= 4 is 11.9 Å². The van der Waals surface area contributed by atoms with Gasteiger partial charge in [-0.05, 0) is 24.6 Å². The summed E-state index contributed by atoms with van der Waals surface area (Å²) in [7, 11) is 0. The maximum Gasteiger partial charge on any atom is 0.0645 e. The Morgan fingerprint density at radius 2 is 1.64 bits per heavy atom. The second-order valence-corrected chi connectivity index (χ2v) is 1.86. The molecule has 0 unspecified atom stereocenters. The number of aliphatic carboxylic acids is 2. The Bertz CT molecular complexity index is 225. The number of hydrogen-bond acceptors (Lipinski definition) is 4. The van der Waals surface area contributed by atoms with Gasteiger partial charge in [0.15, 0.2) is 0 Å². The van der Waals surface area contributed by atoms with E-state index in [1.165, 1.54) is 6.92 Å².